The van der Waals surface area contributed by atoms with E-state index in [0.29, 0.717) is 34.6 Å². The molecule has 0 bridgehead atoms. The molecule has 0 fully saturated rings. The van der Waals surface area contributed by atoms with Crippen LogP contribution >= 0.6 is 0 Å². The molecule has 0 aliphatic carbocycles. The van der Waals surface area contributed by atoms with Gasteiger partial charge in [0.25, 0.3) is 11.8 Å². The van der Waals surface area contributed by atoms with Crippen LogP contribution in [0.5, 0.6) is 0 Å². The largest absolute Gasteiger partial charge is 0.416 e. The number of aromatic nitrogens is 2. The first-order chi connectivity index (χ1) is 21.0. The molecule has 1 aliphatic heterocycles. The van der Waals surface area contributed by atoms with E-state index in [-0.39, 0.29) is 18.3 Å². The lowest BCUT2D eigenvalue weighted by Crippen LogP contribution is -2.55. The molecule has 8 nitrogen and oxygen atoms in total. The topological polar surface area (TPSA) is 101 Å². The number of carbonyl (C=O) groups is 2. The Labute approximate surface area is 250 Å². The van der Waals surface area contributed by atoms with Crippen molar-refractivity contribution in [3.63, 3.8) is 0 Å². The second-order valence-corrected chi connectivity index (χ2v) is 9.95. The Morgan fingerprint density at radius 3 is 2.30 bits per heavy atom. The van der Waals surface area contributed by atoms with Gasteiger partial charge in [-0.1, -0.05) is 43.3 Å². The minimum Gasteiger partial charge on any atom is -0.339 e. The Kier molecular flexibility index (Phi) is 9.44. The number of rotatable bonds is 6. The molecule has 0 unspecified atom stereocenters. The van der Waals surface area contributed by atoms with Gasteiger partial charge in [0.2, 0.25) is 0 Å². The highest BCUT2D eigenvalue weighted by Crippen LogP contribution is 2.43. The first-order valence-electron chi connectivity index (χ1n) is 13.7. The van der Waals surface area contributed by atoms with Gasteiger partial charge in [-0.05, 0) is 67.8 Å². The number of halogens is 4. The van der Waals surface area contributed by atoms with Crippen LogP contribution < -0.4 is 10.2 Å². The van der Waals surface area contributed by atoms with E-state index in [4.69, 9.17) is 14.7 Å². The Hall–Kier alpha value is -5.09. The van der Waals surface area contributed by atoms with E-state index < -0.39 is 41.3 Å². The van der Waals surface area contributed by atoms with Crippen LogP contribution in [0.2, 0.25) is 0 Å². The highest BCUT2D eigenvalue weighted by molar-refractivity contribution is 6.05. The Morgan fingerprint density at radius 2 is 1.68 bits per heavy atom. The molecule has 1 aliphatic rings. The number of carbonyl (C=O) groups excluding carboxylic acids is 4. The number of amides is 2. The molecule has 4 aromatic rings. The number of para-hydroxylation sites is 1. The zero-order valence-corrected chi connectivity index (χ0v) is 24.0. The van der Waals surface area contributed by atoms with Gasteiger partial charge in [-0.2, -0.15) is 27.9 Å². The predicted octanol–water partition coefficient (Wildman–Crippen LogP) is 5.61. The molecule has 1 N–H and O–H groups in total. The summed E-state index contributed by atoms with van der Waals surface area (Å²) in [5.74, 6) is -1.93. The van der Waals surface area contributed by atoms with Crippen molar-refractivity contribution >= 4 is 23.8 Å². The Balaban J connectivity index is 0.00000141. The maximum atomic E-state index is 14.5. The van der Waals surface area contributed by atoms with Gasteiger partial charge in [-0.15, -0.1) is 0 Å². The maximum absolute atomic E-state index is 14.5. The van der Waals surface area contributed by atoms with E-state index in [1.54, 1.807) is 30.7 Å². The summed E-state index contributed by atoms with van der Waals surface area (Å²) in [7, 11) is 0. The van der Waals surface area contributed by atoms with Crippen molar-refractivity contribution in [1.82, 2.24) is 15.1 Å². The van der Waals surface area contributed by atoms with Crippen molar-refractivity contribution in [2.45, 2.75) is 45.3 Å². The lowest BCUT2D eigenvalue weighted by Gasteiger charge is -2.38. The van der Waals surface area contributed by atoms with Crippen LogP contribution in [-0.2, 0) is 27.0 Å². The number of benzene rings is 3. The normalized spacial score (nSPS) is 16.0. The van der Waals surface area contributed by atoms with Crippen LogP contribution in [-0.4, -0.2) is 40.3 Å². The second kappa shape index (κ2) is 13.0. The highest BCUT2D eigenvalue weighted by Gasteiger charge is 2.45. The van der Waals surface area contributed by atoms with E-state index >= 15 is 0 Å². The van der Waals surface area contributed by atoms with Crippen LogP contribution in [0.4, 0.5) is 23.4 Å². The molecule has 2 heterocycles. The average molecular weight is 609 g/mol. The molecule has 1 aromatic heterocycles. The van der Waals surface area contributed by atoms with Gasteiger partial charge in [0, 0.05) is 23.6 Å². The molecule has 12 heteroatoms. The Bertz CT molecular complexity index is 1710. The minimum atomic E-state index is -4.64. The summed E-state index contributed by atoms with van der Waals surface area (Å²) in [6.07, 6.45) is -3.99. The first kappa shape index (κ1) is 31.8. The lowest BCUT2D eigenvalue weighted by molar-refractivity contribution is -0.191. The smallest absolute Gasteiger partial charge is 0.339 e. The summed E-state index contributed by atoms with van der Waals surface area (Å²) in [6, 6.07) is 16.7. The van der Waals surface area contributed by atoms with E-state index in [1.807, 2.05) is 37.3 Å². The summed E-state index contributed by atoms with van der Waals surface area (Å²) in [5.41, 5.74) is 1.80. The summed E-state index contributed by atoms with van der Waals surface area (Å²) in [5, 5.41) is 7.47. The zero-order chi connectivity index (χ0) is 32.2. The molecule has 44 heavy (non-hydrogen) atoms. The number of anilines is 1. The van der Waals surface area contributed by atoms with E-state index in [9.17, 15) is 27.2 Å². The van der Waals surface area contributed by atoms with Crippen LogP contribution in [0.15, 0.2) is 72.8 Å². The molecule has 3 aromatic carbocycles. The summed E-state index contributed by atoms with van der Waals surface area (Å²) < 4.78 is 56.3. The van der Waals surface area contributed by atoms with Gasteiger partial charge in [0.15, 0.2) is 0 Å². The standard InChI is InChI=1S/C31H28F4N4O2.CO2/c1-4-19-16-20(14-15-24(19)32)26-25-18(3)37-39(23-12-7-6-8-13-23)29(25)38(5-2)30(41)27(26)36-28(40)21-10-9-11-22(17-21)31(33,34)35;2-1-3/h6-17,26-27H,4-5H2,1-3H3,(H,36,40);/t26-,27-;/m0./s1. The van der Waals surface area contributed by atoms with Crippen molar-refractivity contribution < 1.29 is 36.7 Å². The van der Waals surface area contributed by atoms with Crippen LogP contribution in [0.1, 0.15) is 58.1 Å². The fourth-order valence-corrected chi connectivity index (χ4v) is 5.41. The number of alkyl halides is 3. The van der Waals surface area contributed by atoms with Gasteiger partial charge in [-0.25, -0.2) is 9.07 Å². The molecule has 0 radical (unpaired) electrons. The molecule has 228 valence electrons. The van der Waals surface area contributed by atoms with Gasteiger partial charge in [-0.3, -0.25) is 14.5 Å². The third kappa shape index (κ3) is 6.16. The van der Waals surface area contributed by atoms with Crippen molar-refractivity contribution in [3.8, 4) is 5.69 Å². The van der Waals surface area contributed by atoms with Crippen molar-refractivity contribution in [2.24, 2.45) is 0 Å². The van der Waals surface area contributed by atoms with Crippen molar-refractivity contribution in [1.29, 1.82) is 0 Å². The van der Waals surface area contributed by atoms with E-state index in [1.165, 1.54) is 17.0 Å². The van der Waals surface area contributed by atoms with Gasteiger partial charge < -0.3 is 5.32 Å². The lowest BCUT2D eigenvalue weighted by atomic mass is 9.80. The fourth-order valence-electron chi connectivity index (χ4n) is 5.41. The third-order valence-corrected chi connectivity index (χ3v) is 7.38. The molecule has 2 atom stereocenters. The van der Waals surface area contributed by atoms with E-state index in [0.717, 1.165) is 23.9 Å². The van der Waals surface area contributed by atoms with Gasteiger partial charge in [0.05, 0.1) is 16.9 Å². The molecule has 0 spiro atoms. The van der Waals surface area contributed by atoms with E-state index in [2.05, 4.69) is 5.32 Å². The van der Waals surface area contributed by atoms with Crippen molar-refractivity contribution in [3.05, 3.63) is 112 Å². The number of likely N-dealkylation sites (N-methyl/N-ethyl adjacent to an activating group) is 1. The number of hydrogen-bond donors (Lipinski definition) is 1. The quantitative estimate of drug-likeness (QED) is 0.287. The molecule has 0 saturated heterocycles. The number of hydrogen-bond acceptors (Lipinski definition) is 5. The number of aryl methyl sites for hydroxylation is 2. The van der Waals surface area contributed by atoms with Crippen LogP contribution in [0.3, 0.4) is 0 Å². The van der Waals surface area contributed by atoms with Gasteiger partial charge in [0.1, 0.15) is 17.7 Å². The third-order valence-electron chi connectivity index (χ3n) is 7.38. The number of nitrogens with one attached hydrogen (secondary N) is 1. The minimum absolute atomic E-state index is 0.231. The highest BCUT2D eigenvalue weighted by atomic mass is 19.4. The summed E-state index contributed by atoms with van der Waals surface area (Å²) >= 11 is 0. The van der Waals surface area contributed by atoms with Crippen molar-refractivity contribution in [2.75, 3.05) is 11.4 Å². The molecule has 0 saturated carbocycles. The van der Waals surface area contributed by atoms with Crippen LogP contribution in [0.25, 0.3) is 5.69 Å². The fraction of sp³-hybridized carbons (Fsp3) is 0.250. The Morgan fingerprint density at radius 1 is 1.00 bits per heavy atom. The summed E-state index contributed by atoms with van der Waals surface area (Å²) in [4.78, 5) is 45.3. The van der Waals surface area contributed by atoms with Crippen LogP contribution in [0, 0.1) is 12.7 Å². The second-order valence-electron chi connectivity index (χ2n) is 9.95. The monoisotopic (exact) mass is 608 g/mol. The maximum Gasteiger partial charge on any atom is 0.416 e. The summed E-state index contributed by atoms with van der Waals surface area (Å²) in [6.45, 7) is 5.64. The van der Waals surface area contributed by atoms with Gasteiger partial charge >= 0.3 is 12.3 Å². The zero-order valence-electron chi connectivity index (χ0n) is 24.0. The SMILES string of the molecule is CCc1cc([C@H]2c3c(C)nn(-c4ccccc4)c3N(CC)C(=O)[C@H]2NC(=O)c2cccc(C(F)(F)F)c2)ccc1F.O=C=O. The average Bonchev–Trinajstić information content (AvgIpc) is 3.34. The number of fused-ring (bicyclic) bond motifs is 1. The molecule has 5 rings (SSSR count). The predicted molar refractivity (Wildman–Crippen MR) is 152 cm³/mol. The molecular weight excluding hydrogens is 580 g/mol. The first-order valence-corrected chi connectivity index (χ1v) is 13.7. The molecular formula is C32H28F4N4O4. The molecule has 2 amide bonds. The number of nitrogens with zero attached hydrogens (tertiary/aromatic N) is 3.